The molecule has 0 fully saturated rings. The normalized spacial score (nSPS) is 12.4. The molecular weight excluding hydrogens is 251 g/mol. The van der Waals surface area contributed by atoms with Crippen molar-refractivity contribution in [2.75, 3.05) is 0 Å². The number of rotatable bonds is 3. The van der Waals surface area contributed by atoms with Gasteiger partial charge in [-0.1, -0.05) is 53.6 Å². The number of halogens is 2. The van der Waals surface area contributed by atoms with Crippen LogP contribution >= 0.6 is 23.2 Å². The second-order valence-corrected chi connectivity index (χ2v) is 5.18. The molecule has 0 radical (unpaired) electrons. The lowest BCUT2D eigenvalue weighted by atomic mass is 10.0. The zero-order valence-corrected chi connectivity index (χ0v) is 11.2. The van der Waals surface area contributed by atoms with Gasteiger partial charge in [0.1, 0.15) is 0 Å². The summed E-state index contributed by atoms with van der Waals surface area (Å²) >= 11 is 12.3. The molecule has 0 aliphatic heterocycles. The minimum Gasteiger partial charge on any atom is -0.117 e. The summed E-state index contributed by atoms with van der Waals surface area (Å²) in [6.45, 7) is 2.08. The van der Waals surface area contributed by atoms with E-state index in [-0.39, 0.29) is 5.38 Å². The lowest BCUT2D eigenvalue weighted by Gasteiger charge is -2.10. The van der Waals surface area contributed by atoms with E-state index < -0.39 is 0 Å². The van der Waals surface area contributed by atoms with Gasteiger partial charge in [-0.05, 0) is 36.6 Å². The molecule has 88 valence electrons. The van der Waals surface area contributed by atoms with E-state index in [0.717, 1.165) is 17.0 Å². The monoisotopic (exact) mass is 264 g/mol. The fourth-order valence-electron chi connectivity index (χ4n) is 1.75. The fraction of sp³-hybridized carbons (Fsp3) is 0.200. The van der Waals surface area contributed by atoms with Crippen LogP contribution in [-0.4, -0.2) is 0 Å². The summed E-state index contributed by atoms with van der Waals surface area (Å²) in [5.74, 6) is 0. The van der Waals surface area contributed by atoms with E-state index in [2.05, 4.69) is 31.2 Å². The minimum absolute atomic E-state index is 0.0311. The number of benzene rings is 2. The van der Waals surface area contributed by atoms with E-state index >= 15 is 0 Å². The largest absolute Gasteiger partial charge is 0.117 e. The SMILES string of the molecule is Cc1ccc(CC(Cl)c2cccc(Cl)c2)cc1. The van der Waals surface area contributed by atoms with Gasteiger partial charge in [-0.15, -0.1) is 11.6 Å². The molecule has 0 amide bonds. The second kappa shape index (κ2) is 5.57. The van der Waals surface area contributed by atoms with Crippen LogP contribution in [0.1, 0.15) is 22.1 Å². The van der Waals surface area contributed by atoms with Crippen molar-refractivity contribution in [3.63, 3.8) is 0 Å². The summed E-state index contributed by atoms with van der Waals surface area (Å²) in [5.41, 5.74) is 3.58. The first-order valence-electron chi connectivity index (χ1n) is 5.60. The highest BCUT2D eigenvalue weighted by Crippen LogP contribution is 2.26. The summed E-state index contributed by atoms with van der Waals surface area (Å²) < 4.78 is 0. The molecule has 0 bridgehead atoms. The Balaban J connectivity index is 2.11. The van der Waals surface area contributed by atoms with Crippen LogP contribution in [0.5, 0.6) is 0 Å². The predicted molar refractivity (Wildman–Crippen MR) is 74.9 cm³/mol. The molecule has 17 heavy (non-hydrogen) atoms. The quantitative estimate of drug-likeness (QED) is 0.671. The average molecular weight is 265 g/mol. The van der Waals surface area contributed by atoms with Crippen molar-refractivity contribution in [1.82, 2.24) is 0 Å². The molecule has 0 heterocycles. The van der Waals surface area contributed by atoms with Crippen LogP contribution in [0.25, 0.3) is 0 Å². The van der Waals surface area contributed by atoms with Crippen LogP contribution in [0.3, 0.4) is 0 Å². The molecule has 0 spiro atoms. The summed E-state index contributed by atoms with van der Waals surface area (Å²) in [5, 5.41) is 0.702. The molecule has 0 saturated carbocycles. The third kappa shape index (κ3) is 3.49. The van der Waals surface area contributed by atoms with Crippen LogP contribution in [0.4, 0.5) is 0 Å². The van der Waals surface area contributed by atoms with Gasteiger partial charge in [0.2, 0.25) is 0 Å². The maximum atomic E-state index is 6.39. The van der Waals surface area contributed by atoms with Gasteiger partial charge >= 0.3 is 0 Å². The van der Waals surface area contributed by atoms with Crippen molar-refractivity contribution < 1.29 is 0 Å². The highest BCUT2D eigenvalue weighted by molar-refractivity contribution is 6.30. The standard InChI is InChI=1S/C15H14Cl2/c1-11-5-7-12(8-6-11)9-15(17)13-3-2-4-14(16)10-13/h2-8,10,15H,9H2,1H3. The lowest BCUT2D eigenvalue weighted by molar-refractivity contribution is 0.919. The third-order valence-corrected chi connectivity index (χ3v) is 3.39. The van der Waals surface area contributed by atoms with Crippen LogP contribution in [0, 0.1) is 6.92 Å². The van der Waals surface area contributed by atoms with E-state index in [1.54, 1.807) is 0 Å². The topological polar surface area (TPSA) is 0 Å². The van der Waals surface area contributed by atoms with Gasteiger partial charge in [-0.2, -0.15) is 0 Å². The fourth-order valence-corrected chi connectivity index (χ4v) is 2.26. The van der Waals surface area contributed by atoms with Gasteiger partial charge in [-0.25, -0.2) is 0 Å². The Labute approximate surface area is 112 Å². The zero-order valence-electron chi connectivity index (χ0n) is 9.66. The van der Waals surface area contributed by atoms with Crippen molar-refractivity contribution in [2.45, 2.75) is 18.7 Å². The number of hydrogen-bond acceptors (Lipinski definition) is 0. The molecule has 0 aliphatic carbocycles. The molecule has 0 aromatic heterocycles. The van der Waals surface area contributed by atoms with Gasteiger partial charge in [0.05, 0.1) is 5.38 Å². The van der Waals surface area contributed by atoms with Crippen LogP contribution in [-0.2, 0) is 6.42 Å². The van der Waals surface area contributed by atoms with E-state index in [1.165, 1.54) is 11.1 Å². The summed E-state index contributed by atoms with van der Waals surface area (Å²) in [6, 6.07) is 16.2. The van der Waals surface area contributed by atoms with Crippen molar-refractivity contribution in [1.29, 1.82) is 0 Å². The Bertz CT molecular complexity index is 489. The number of aryl methyl sites for hydroxylation is 1. The van der Waals surface area contributed by atoms with Crippen molar-refractivity contribution in [2.24, 2.45) is 0 Å². The van der Waals surface area contributed by atoms with Crippen molar-refractivity contribution in [3.8, 4) is 0 Å². The van der Waals surface area contributed by atoms with Crippen LogP contribution < -0.4 is 0 Å². The highest BCUT2D eigenvalue weighted by atomic mass is 35.5. The Morgan fingerprint density at radius 2 is 1.76 bits per heavy atom. The first-order chi connectivity index (χ1) is 8.15. The lowest BCUT2D eigenvalue weighted by Crippen LogP contribution is -1.95. The summed E-state index contributed by atoms with van der Waals surface area (Å²) in [4.78, 5) is 0. The molecule has 2 heteroatoms. The predicted octanol–water partition coefficient (Wildman–Crippen LogP) is 5.17. The Morgan fingerprint density at radius 3 is 2.41 bits per heavy atom. The van der Waals surface area contributed by atoms with Gasteiger partial charge in [0.15, 0.2) is 0 Å². The molecule has 1 atom stereocenters. The molecule has 2 aromatic carbocycles. The van der Waals surface area contributed by atoms with Crippen molar-refractivity contribution in [3.05, 3.63) is 70.2 Å². The Hall–Kier alpha value is -0.980. The van der Waals surface area contributed by atoms with Gasteiger partial charge in [0.25, 0.3) is 0 Å². The number of alkyl halides is 1. The zero-order chi connectivity index (χ0) is 12.3. The molecule has 2 aromatic rings. The first kappa shape index (κ1) is 12.5. The molecule has 1 unspecified atom stereocenters. The maximum Gasteiger partial charge on any atom is 0.0626 e. The van der Waals surface area contributed by atoms with Crippen LogP contribution in [0.2, 0.25) is 5.02 Å². The van der Waals surface area contributed by atoms with Gasteiger partial charge in [-0.3, -0.25) is 0 Å². The summed E-state index contributed by atoms with van der Waals surface area (Å²) in [7, 11) is 0. The second-order valence-electron chi connectivity index (χ2n) is 4.21. The molecule has 0 nitrogen and oxygen atoms in total. The average Bonchev–Trinajstić information content (AvgIpc) is 2.32. The Morgan fingerprint density at radius 1 is 1.06 bits per heavy atom. The highest BCUT2D eigenvalue weighted by Gasteiger charge is 2.09. The molecule has 0 N–H and O–H groups in total. The van der Waals surface area contributed by atoms with Crippen LogP contribution in [0.15, 0.2) is 48.5 Å². The van der Waals surface area contributed by atoms with Gasteiger partial charge < -0.3 is 0 Å². The summed E-state index contributed by atoms with van der Waals surface area (Å²) in [6.07, 6.45) is 0.822. The minimum atomic E-state index is -0.0311. The Kier molecular flexibility index (Phi) is 4.09. The van der Waals surface area contributed by atoms with E-state index in [1.807, 2.05) is 24.3 Å². The molecular formula is C15H14Cl2. The maximum absolute atomic E-state index is 6.39. The van der Waals surface area contributed by atoms with E-state index in [4.69, 9.17) is 23.2 Å². The first-order valence-corrected chi connectivity index (χ1v) is 6.41. The third-order valence-electron chi connectivity index (χ3n) is 2.75. The smallest absolute Gasteiger partial charge is 0.0626 e. The molecule has 0 aliphatic rings. The van der Waals surface area contributed by atoms with E-state index in [9.17, 15) is 0 Å². The van der Waals surface area contributed by atoms with E-state index in [0.29, 0.717) is 0 Å². The van der Waals surface area contributed by atoms with Gasteiger partial charge in [0, 0.05) is 5.02 Å². The van der Waals surface area contributed by atoms with Crippen molar-refractivity contribution >= 4 is 23.2 Å². The number of hydrogen-bond donors (Lipinski definition) is 0. The molecule has 2 rings (SSSR count). The molecule has 0 saturated heterocycles.